The molecule has 15 heteroatoms. The van der Waals surface area contributed by atoms with Gasteiger partial charge in [-0.2, -0.15) is 0 Å². The van der Waals surface area contributed by atoms with Crippen LogP contribution < -0.4 is 25.6 Å². The lowest BCUT2D eigenvalue weighted by atomic mass is 10.1. The molecule has 0 spiro atoms. The maximum absolute atomic E-state index is 12.9. The van der Waals surface area contributed by atoms with Crippen molar-refractivity contribution >= 4 is 36.4 Å². The van der Waals surface area contributed by atoms with Crippen molar-refractivity contribution in [1.82, 2.24) is 25.8 Å². The Morgan fingerprint density at radius 3 is 2.19 bits per heavy atom. The van der Waals surface area contributed by atoms with Gasteiger partial charge in [-0.1, -0.05) is 18.2 Å². The summed E-state index contributed by atoms with van der Waals surface area (Å²) in [4.78, 5) is 62.1. The molecule has 15 nitrogen and oxygen atoms in total. The molecule has 1 saturated heterocycles. The standard InChI is InChI=1S/C30H42N6O5.2CH2O2/c1-21-4-7-24-18-26(21)41-17-11-31-27(38)20-35(12-10-32-30(40)28(22(2)37)33-29(24)39)19-23-5-8-25(9-6-23)36-15-13-34(3)14-16-36;2*2-1-3/h4-9,18,22,28,37H,10-17,19-20H2,1-3H3,(H,31,38)(H,32,40)(H,33,39);2*1H,(H,2,3)/t22-,28+;;/m1../s1. The Bertz CT molecular complexity index is 1290. The predicted molar refractivity (Wildman–Crippen MR) is 174 cm³/mol. The Morgan fingerprint density at radius 2 is 1.57 bits per heavy atom. The third-order valence-electron chi connectivity index (χ3n) is 7.49. The van der Waals surface area contributed by atoms with Gasteiger partial charge in [0.2, 0.25) is 11.8 Å². The zero-order valence-electron chi connectivity index (χ0n) is 27.1. The number of nitrogens with one attached hydrogen (secondary N) is 3. The van der Waals surface area contributed by atoms with Crippen LogP contribution in [0.2, 0.25) is 0 Å². The molecule has 0 radical (unpaired) electrons. The van der Waals surface area contributed by atoms with Crippen molar-refractivity contribution in [3.05, 3.63) is 59.2 Å². The van der Waals surface area contributed by atoms with E-state index in [1.54, 1.807) is 18.2 Å². The van der Waals surface area contributed by atoms with Gasteiger partial charge in [0.25, 0.3) is 18.9 Å². The molecule has 2 bridgehead atoms. The maximum Gasteiger partial charge on any atom is 0.290 e. The maximum atomic E-state index is 12.9. The SMILES string of the molecule is Cc1ccc2cc1OCCNC(=O)CN(Cc1ccc(N3CCN(C)CC3)cc1)CCNC(=O)[C@H]([C@@H](C)O)NC2=O.O=CO.O=CO. The highest BCUT2D eigenvalue weighted by atomic mass is 16.5. The fourth-order valence-electron chi connectivity index (χ4n) is 4.93. The predicted octanol–water partition coefficient (Wildman–Crippen LogP) is -0.245. The van der Waals surface area contributed by atoms with Crippen LogP contribution in [0, 0.1) is 6.92 Å². The van der Waals surface area contributed by atoms with E-state index in [1.807, 2.05) is 11.8 Å². The third-order valence-corrected chi connectivity index (χ3v) is 7.49. The topological polar surface area (TPSA) is 201 Å². The summed E-state index contributed by atoms with van der Waals surface area (Å²) >= 11 is 0. The quantitative estimate of drug-likeness (QED) is 0.236. The molecular formula is C32H46N6O9. The number of hydrogen-bond acceptors (Lipinski definition) is 10. The molecule has 0 unspecified atom stereocenters. The zero-order chi connectivity index (χ0) is 34.8. The van der Waals surface area contributed by atoms with Crippen LogP contribution in [-0.2, 0) is 25.7 Å². The number of carboxylic acid groups (broad SMARTS) is 2. The molecule has 1 fully saturated rings. The number of aliphatic hydroxyl groups is 1. The number of aryl methyl sites for hydroxylation is 1. The Morgan fingerprint density at radius 1 is 0.936 bits per heavy atom. The molecule has 0 saturated carbocycles. The molecule has 2 aromatic rings. The number of anilines is 1. The summed E-state index contributed by atoms with van der Waals surface area (Å²) in [6.07, 6.45) is -1.11. The van der Waals surface area contributed by atoms with Crippen molar-refractivity contribution in [1.29, 1.82) is 0 Å². The number of nitrogens with zero attached hydrogens (tertiary/aromatic N) is 3. The van der Waals surface area contributed by atoms with Crippen molar-refractivity contribution in [2.45, 2.75) is 32.5 Å². The summed E-state index contributed by atoms with van der Waals surface area (Å²) in [5.41, 5.74) is 3.38. The number of fused-ring (bicyclic) bond motifs is 2. The van der Waals surface area contributed by atoms with Crippen LogP contribution in [0.5, 0.6) is 5.75 Å². The van der Waals surface area contributed by atoms with Gasteiger partial charge in [0, 0.05) is 57.1 Å². The molecule has 2 heterocycles. The first-order valence-corrected chi connectivity index (χ1v) is 15.2. The van der Waals surface area contributed by atoms with E-state index in [0.29, 0.717) is 30.9 Å². The molecule has 47 heavy (non-hydrogen) atoms. The van der Waals surface area contributed by atoms with E-state index in [9.17, 15) is 19.5 Å². The van der Waals surface area contributed by atoms with E-state index >= 15 is 0 Å². The number of likely N-dealkylation sites (N-methyl/N-ethyl adjacent to an activating group) is 1. The largest absolute Gasteiger partial charge is 0.491 e. The molecule has 0 aromatic heterocycles. The molecule has 2 aromatic carbocycles. The number of piperazine rings is 1. The summed E-state index contributed by atoms with van der Waals surface area (Å²) in [6, 6.07) is 12.2. The summed E-state index contributed by atoms with van der Waals surface area (Å²) in [5.74, 6) is -0.629. The van der Waals surface area contributed by atoms with Crippen molar-refractivity contribution in [2.24, 2.45) is 0 Å². The van der Waals surface area contributed by atoms with Crippen molar-refractivity contribution in [3.8, 4) is 5.75 Å². The first-order valence-electron chi connectivity index (χ1n) is 15.2. The van der Waals surface area contributed by atoms with Gasteiger partial charge < -0.3 is 45.8 Å². The molecule has 0 aliphatic carbocycles. The summed E-state index contributed by atoms with van der Waals surface area (Å²) < 4.78 is 5.84. The van der Waals surface area contributed by atoms with E-state index in [0.717, 1.165) is 37.3 Å². The van der Waals surface area contributed by atoms with Crippen LogP contribution in [-0.4, -0.2) is 134 Å². The number of rotatable bonds is 4. The van der Waals surface area contributed by atoms with Gasteiger partial charge in [-0.05, 0) is 56.3 Å². The van der Waals surface area contributed by atoms with Crippen LogP contribution in [0.15, 0.2) is 42.5 Å². The average Bonchev–Trinajstić information content (AvgIpc) is 3.03. The monoisotopic (exact) mass is 658 g/mol. The minimum atomic E-state index is -1.14. The second-order valence-electron chi connectivity index (χ2n) is 11.0. The van der Waals surface area contributed by atoms with Gasteiger partial charge in [-0.3, -0.25) is 28.9 Å². The highest BCUT2D eigenvalue weighted by Gasteiger charge is 2.26. The molecule has 3 amide bonds. The lowest BCUT2D eigenvalue weighted by Gasteiger charge is -2.34. The molecule has 2 atom stereocenters. The Kier molecular flexibility index (Phi) is 16.7. The first-order chi connectivity index (χ1) is 22.5. The van der Waals surface area contributed by atoms with Gasteiger partial charge in [0.1, 0.15) is 18.4 Å². The fraction of sp³-hybridized carbons (Fsp3) is 0.469. The first kappa shape index (κ1) is 38.5. The smallest absolute Gasteiger partial charge is 0.290 e. The van der Waals surface area contributed by atoms with E-state index in [1.165, 1.54) is 12.6 Å². The van der Waals surface area contributed by atoms with Crippen LogP contribution in [0.3, 0.4) is 0 Å². The van der Waals surface area contributed by atoms with Gasteiger partial charge in [0.05, 0.1) is 19.2 Å². The number of carbonyl (C=O) groups excluding carboxylic acids is 3. The van der Waals surface area contributed by atoms with E-state index in [-0.39, 0.29) is 38.5 Å². The number of amides is 3. The van der Waals surface area contributed by atoms with Crippen LogP contribution in [0.1, 0.15) is 28.4 Å². The minimum Gasteiger partial charge on any atom is -0.491 e. The lowest BCUT2D eigenvalue weighted by molar-refractivity contribution is -0.125. The average molecular weight is 659 g/mol. The Labute approximate surface area is 274 Å². The highest BCUT2D eigenvalue weighted by molar-refractivity contribution is 5.98. The summed E-state index contributed by atoms with van der Waals surface area (Å²) in [6.45, 7) is 8.71. The van der Waals surface area contributed by atoms with Gasteiger partial charge >= 0.3 is 0 Å². The Balaban J connectivity index is 0.00000119. The molecule has 4 rings (SSSR count). The fourth-order valence-corrected chi connectivity index (χ4v) is 4.93. The Hall–Kier alpha value is -4.73. The van der Waals surface area contributed by atoms with E-state index in [4.69, 9.17) is 24.5 Å². The van der Waals surface area contributed by atoms with Crippen LogP contribution in [0.4, 0.5) is 5.69 Å². The zero-order valence-corrected chi connectivity index (χ0v) is 27.1. The van der Waals surface area contributed by atoms with Crippen molar-refractivity contribution in [2.75, 3.05) is 70.9 Å². The number of benzene rings is 2. The second-order valence-corrected chi connectivity index (χ2v) is 11.0. The highest BCUT2D eigenvalue weighted by Crippen LogP contribution is 2.20. The lowest BCUT2D eigenvalue weighted by Crippen LogP contribution is -2.53. The molecule has 2 aliphatic rings. The molecule has 6 N–H and O–H groups in total. The number of carbonyl (C=O) groups is 5. The van der Waals surface area contributed by atoms with E-state index < -0.39 is 24.0 Å². The number of hydrogen-bond donors (Lipinski definition) is 6. The second kappa shape index (κ2) is 20.4. The van der Waals surface area contributed by atoms with Crippen molar-refractivity contribution in [3.63, 3.8) is 0 Å². The van der Waals surface area contributed by atoms with E-state index in [2.05, 4.69) is 57.1 Å². The number of aliphatic hydroxyl groups excluding tert-OH is 1. The van der Waals surface area contributed by atoms with Gasteiger partial charge in [0.15, 0.2) is 0 Å². The number of ether oxygens (including phenoxy) is 1. The van der Waals surface area contributed by atoms with Gasteiger partial charge in [-0.15, -0.1) is 0 Å². The van der Waals surface area contributed by atoms with Crippen LogP contribution in [0.25, 0.3) is 0 Å². The summed E-state index contributed by atoms with van der Waals surface area (Å²) in [5, 5.41) is 32.4. The van der Waals surface area contributed by atoms with Crippen molar-refractivity contribution < 1.29 is 44.0 Å². The van der Waals surface area contributed by atoms with Gasteiger partial charge in [-0.25, -0.2) is 0 Å². The third kappa shape index (κ3) is 13.3. The molecule has 258 valence electrons. The van der Waals surface area contributed by atoms with Crippen LogP contribution >= 0.6 is 0 Å². The molecular weight excluding hydrogens is 612 g/mol. The molecule has 2 aliphatic heterocycles. The normalized spacial score (nSPS) is 19.0. The summed E-state index contributed by atoms with van der Waals surface area (Å²) in [7, 11) is 2.14. The minimum absolute atomic E-state index is 0.140.